The van der Waals surface area contributed by atoms with Gasteiger partial charge in [-0.2, -0.15) is 0 Å². The molecule has 0 radical (unpaired) electrons. The zero-order valence-corrected chi connectivity index (χ0v) is 8.89. The predicted molar refractivity (Wildman–Crippen MR) is 57.4 cm³/mol. The maximum Gasteiger partial charge on any atom is 0.165 e. The smallest absolute Gasteiger partial charge is 0.165 e. The molecule has 1 aliphatic rings. The molecule has 1 saturated heterocycles. The molecule has 82 valence electrons. The Labute approximate surface area is 89.1 Å². The van der Waals surface area contributed by atoms with Crippen LogP contribution in [0.15, 0.2) is 12.1 Å². The minimum absolute atomic E-state index is 0.105. The van der Waals surface area contributed by atoms with Crippen molar-refractivity contribution in [1.29, 1.82) is 0 Å². The summed E-state index contributed by atoms with van der Waals surface area (Å²) in [4.78, 5) is 0. The van der Waals surface area contributed by atoms with Crippen molar-refractivity contribution < 1.29 is 9.50 Å². The fraction of sp³-hybridized carbons (Fsp3) is 0.500. The Morgan fingerprint density at radius 1 is 1.40 bits per heavy atom. The maximum absolute atomic E-state index is 13.3. The third-order valence-electron chi connectivity index (χ3n) is 2.92. The molecule has 1 atom stereocenters. The zero-order valence-electron chi connectivity index (χ0n) is 8.89. The molecule has 2 rings (SSSR count). The highest BCUT2D eigenvalue weighted by Gasteiger charge is 2.20. The van der Waals surface area contributed by atoms with Crippen LogP contribution < -0.4 is 5.32 Å². The second-order valence-corrected chi connectivity index (χ2v) is 4.19. The summed E-state index contributed by atoms with van der Waals surface area (Å²) in [7, 11) is 0. The summed E-state index contributed by atoms with van der Waals surface area (Å²) in [6, 6.07) is 3.33. The van der Waals surface area contributed by atoms with Crippen LogP contribution in [-0.4, -0.2) is 11.7 Å². The van der Waals surface area contributed by atoms with Gasteiger partial charge in [-0.3, -0.25) is 0 Å². The molecule has 2 nitrogen and oxygen atoms in total. The Bertz CT molecular complexity index is 359. The predicted octanol–water partition coefficient (Wildman–Crippen LogP) is 2.65. The molecule has 0 aliphatic carbocycles. The van der Waals surface area contributed by atoms with Crippen molar-refractivity contribution in [2.45, 2.75) is 32.2 Å². The summed E-state index contributed by atoms with van der Waals surface area (Å²) < 4.78 is 13.3. The van der Waals surface area contributed by atoms with Gasteiger partial charge in [0.05, 0.1) is 0 Å². The van der Waals surface area contributed by atoms with Crippen molar-refractivity contribution >= 4 is 0 Å². The van der Waals surface area contributed by atoms with Crippen LogP contribution in [0.25, 0.3) is 0 Å². The number of aromatic hydroxyl groups is 1. The van der Waals surface area contributed by atoms with E-state index in [-0.39, 0.29) is 11.8 Å². The molecule has 0 unspecified atom stereocenters. The van der Waals surface area contributed by atoms with Gasteiger partial charge in [0.25, 0.3) is 0 Å². The second-order valence-electron chi connectivity index (χ2n) is 4.19. The second kappa shape index (κ2) is 4.19. The summed E-state index contributed by atoms with van der Waals surface area (Å²) in [5.41, 5.74) is 1.56. The largest absolute Gasteiger partial charge is 0.505 e. The van der Waals surface area contributed by atoms with Gasteiger partial charge < -0.3 is 10.4 Å². The van der Waals surface area contributed by atoms with Gasteiger partial charge in [-0.05, 0) is 37.9 Å². The molecule has 15 heavy (non-hydrogen) atoms. The van der Waals surface area contributed by atoms with Crippen LogP contribution in [0.5, 0.6) is 5.75 Å². The molecule has 1 aromatic rings. The first-order valence-corrected chi connectivity index (χ1v) is 5.41. The number of piperidine rings is 1. The lowest BCUT2D eigenvalue weighted by atomic mass is 9.95. The molecule has 0 amide bonds. The Hall–Kier alpha value is -1.09. The van der Waals surface area contributed by atoms with Gasteiger partial charge in [0.2, 0.25) is 0 Å². The Morgan fingerprint density at radius 3 is 2.87 bits per heavy atom. The standard InChI is InChI=1S/C12H16FNO/c1-8-6-9(12(15)10(13)7-8)11-4-2-3-5-14-11/h6-7,11,14-15H,2-5H2,1H3/t11-/m1/s1. The average molecular weight is 209 g/mol. The molecule has 0 aromatic heterocycles. The molecule has 0 spiro atoms. The molecule has 1 heterocycles. The summed E-state index contributed by atoms with van der Waals surface area (Å²) in [6.45, 7) is 2.79. The highest BCUT2D eigenvalue weighted by molar-refractivity contribution is 5.39. The molecular weight excluding hydrogens is 193 g/mol. The Kier molecular flexibility index (Phi) is 2.91. The van der Waals surface area contributed by atoms with Crippen LogP contribution in [-0.2, 0) is 0 Å². The van der Waals surface area contributed by atoms with E-state index in [4.69, 9.17) is 0 Å². The lowest BCUT2D eigenvalue weighted by Gasteiger charge is -2.24. The van der Waals surface area contributed by atoms with Gasteiger partial charge >= 0.3 is 0 Å². The lowest BCUT2D eigenvalue weighted by molar-refractivity contribution is 0.377. The van der Waals surface area contributed by atoms with Crippen molar-refractivity contribution in [3.8, 4) is 5.75 Å². The van der Waals surface area contributed by atoms with E-state index in [1.807, 2.05) is 13.0 Å². The third-order valence-corrected chi connectivity index (χ3v) is 2.92. The van der Waals surface area contributed by atoms with E-state index >= 15 is 0 Å². The van der Waals surface area contributed by atoms with Crippen LogP contribution >= 0.6 is 0 Å². The van der Waals surface area contributed by atoms with Crippen LogP contribution in [0.4, 0.5) is 4.39 Å². The monoisotopic (exact) mass is 209 g/mol. The molecule has 3 heteroatoms. The molecule has 0 saturated carbocycles. The normalized spacial score (nSPS) is 21.6. The Morgan fingerprint density at radius 2 is 2.20 bits per heavy atom. The number of rotatable bonds is 1. The van der Waals surface area contributed by atoms with Crippen molar-refractivity contribution in [2.75, 3.05) is 6.54 Å². The van der Waals surface area contributed by atoms with Crippen molar-refractivity contribution in [3.05, 3.63) is 29.1 Å². The average Bonchev–Trinajstić information content (AvgIpc) is 2.24. The van der Waals surface area contributed by atoms with E-state index in [9.17, 15) is 9.50 Å². The van der Waals surface area contributed by atoms with E-state index in [0.29, 0.717) is 5.56 Å². The topological polar surface area (TPSA) is 32.3 Å². The van der Waals surface area contributed by atoms with Crippen molar-refractivity contribution in [2.24, 2.45) is 0 Å². The number of halogens is 1. The van der Waals surface area contributed by atoms with E-state index in [1.165, 1.54) is 6.07 Å². The summed E-state index contributed by atoms with van der Waals surface area (Å²) in [6.07, 6.45) is 3.26. The number of hydrogen-bond acceptors (Lipinski definition) is 2. The number of nitrogens with one attached hydrogen (secondary N) is 1. The molecular formula is C12H16FNO. The molecule has 0 bridgehead atoms. The van der Waals surface area contributed by atoms with Crippen LogP contribution in [0, 0.1) is 12.7 Å². The molecule has 1 fully saturated rings. The van der Waals surface area contributed by atoms with Gasteiger partial charge in [0.15, 0.2) is 11.6 Å². The van der Waals surface area contributed by atoms with Gasteiger partial charge in [0, 0.05) is 11.6 Å². The van der Waals surface area contributed by atoms with Gasteiger partial charge in [-0.1, -0.05) is 12.5 Å². The van der Waals surface area contributed by atoms with Gasteiger partial charge in [-0.15, -0.1) is 0 Å². The molecule has 1 aliphatic heterocycles. The van der Waals surface area contributed by atoms with Crippen molar-refractivity contribution in [1.82, 2.24) is 5.32 Å². The quantitative estimate of drug-likeness (QED) is 0.745. The van der Waals surface area contributed by atoms with E-state index in [1.54, 1.807) is 0 Å². The fourth-order valence-corrected chi connectivity index (χ4v) is 2.14. The number of aryl methyl sites for hydroxylation is 1. The highest BCUT2D eigenvalue weighted by Crippen LogP contribution is 2.32. The van der Waals surface area contributed by atoms with Gasteiger partial charge in [0.1, 0.15) is 0 Å². The Balaban J connectivity index is 2.33. The van der Waals surface area contributed by atoms with E-state index in [2.05, 4.69) is 5.32 Å². The van der Waals surface area contributed by atoms with Gasteiger partial charge in [-0.25, -0.2) is 4.39 Å². The van der Waals surface area contributed by atoms with Crippen LogP contribution in [0.1, 0.15) is 36.4 Å². The first-order chi connectivity index (χ1) is 7.18. The number of phenols is 1. The van der Waals surface area contributed by atoms with E-state index in [0.717, 1.165) is 31.4 Å². The SMILES string of the molecule is Cc1cc(F)c(O)c([C@H]2CCCCN2)c1. The third kappa shape index (κ3) is 2.12. The molecule has 1 aromatic carbocycles. The lowest BCUT2D eigenvalue weighted by Crippen LogP contribution is -2.27. The minimum Gasteiger partial charge on any atom is -0.505 e. The number of benzene rings is 1. The van der Waals surface area contributed by atoms with Crippen LogP contribution in [0.2, 0.25) is 0 Å². The zero-order chi connectivity index (χ0) is 10.8. The fourth-order valence-electron chi connectivity index (χ4n) is 2.14. The first kappa shape index (κ1) is 10.4. The number of hydrogen-bond donors (Lipinski definition) is 2. The summed E-state index contributed by atoms with van der Waals surface area (Å²) >= 11 is 0. The van der Waals surface area contributed by atoms with Crippen molar-refractivity contribution in [3.63, 3.8) is 0 Å². The highest BCUT2D eigenvalue weighted by atomic mass is 19.1. The summed E-state index contributed by atoms with van der Waals surface area (Å²) in [5.74, 6) is -0.711. The van der Waals surface area contributed by atoms with E-state index < -0.39 is 5.82 Å². The minimum atomic E-state index is -0.516. The maximum atomic E-state index is 13.3. The van der Waals surface area contributed by atoms with Crippen LogP contribution in [0.3, 0.4) is 0 Å². The first-order valence-electron chi connectivity index (χ1n) is 5.41. The summed E-state index contributed by atoms with van der Waals surface area (Å²) in [5, 5.41) is 13.0. The molecule has 2 N–H and O–H groups in total. The number of phenolic OH excluding ortho intramolecular Hbond substituents is 1.